The Morgan fingerprint density at radius 2 is 1.80 bits per heavy atom. The lowest BCUT2D eigenvalue weighted by atomic mass is 10.2. The van der Waals surface area contributed by atoms with Gasteiger partial charge in [0.25, 0.3) is 5.91 Å². The second-order valence-corrected chi connectivity index (χ2v) is 4.00. The molecule has 0 spiro atoms. The molecule has 0 atom stereocenters. The summed E-state index contributed by atoms with van der Waals surface area (Å²) in [5.41, 5.74) is 6.34. The fraction of sp³-hybridized carbons (Fsp3) is 0.143. The van der Waals surface area contributed by atoms with Gasteiger partial charge < -0.3 is 20.5 Å². The zero-order valence-corrected chi connectivity index (χ0v) is 11.2. The number of carbonyl (C=O) groups is 1. The summed E-state index contributed by atoms with van der Waals surface area (Å²) in [6.45, 7) is 0. The van der Waals surface area contributed by atoms with Gasteiger partial charge in [-0.25, -0.2) is 4.98 Å². The van der Waals surface area contributed by atoms with Crippen LogP contribution in [0.5, 0.6) is 11.5 Å². The first-order chi connectivity index (χ1) is 9.62. The lowest BCUT2D eigenvalue weighted by Gasteiger charge is -2.09. The fourth-order valence-corrected chi connectivity index (χ4v) is 1.65. The number of hydrogen-bond donors (Lipinski definition) is 2. The lowest BCUT2D eigenvalue weighted by molar-refractivity contribution is 0.102. The molecule has 6 heteroatoms. The Morgan fingerprint density at radius 3 is 2.35 bits per heavy atom. The van der Waals surface area contributed by atoms with Gasteiger partial charge in [-0.15, -0.1) is 0 Å². The standard InChI is InChI=1S/C14H15N3O3/c1-19-10-6-9(7-11(8-10)20-2)16-14(18)12-4-3-5-13(15)17-12/h3-8H,1-2H3,(H2,15,17)(H,16,18). The quantitative estimate of drug-likeness (QED) is 0.889. The van der Waals surface area contributed by atoms with Crippen molar-refractivity contribution >= 4 is 17.4 Å². The summed E-state index contributed by atoms with van der Waals surface area (Å²) >= 11 is 0. The average Bonchev–Trinajstić information content (AvgIpc) is 2.46. The van der Waals surface area contributed by atoms with Gasteiger partial charge in [-0.2, -0.15) is 0 Å². The third-order valence-corrected chi connectivity index (χ3v) is 2.61. The molecule has 0 saturated carbocycles. The summed E-state index contributed by atoms with van der Waals surface area (Å²) < 4.78 is 10.3. The highest BCUT2D eigenvalue weighted by atomic mass is 16.5. The number of methoxy groups -OCH3 is 2. The van der Waals surface area contributed by atoms with Gasteiger partial charge in [0.15, 0.2) is 0 Å². The Morgan fingerprint density at radius 1 is 1.15 bits per heavy atom. The number of hydrogen-bond acceptors (Lipinski definition) is 5. The number of amides is 1. The smallest absolute Gasteiger partial charge is 0.274 e. The van der Waals surface area contributed by atoms with Gasteiger partial charge in [0, 0.05) is 23.9 Å². The number of pyridine rings is 1. The SMILES string of the molecule is COc1cc(NC(=O)c2cccc(N)n2)cc(OC)c1. The van der Waals surface area contributed by atoms with Crippen molar-refractivity contribution in [3.63, 3.8) is 0 Å². The normalized spacial score (nSPS) is 9.90. The summed E-state index contributed by atoms with van der Waals surface area (Å²) in [4.78, 5) is 16.0. The molecule has 0 aliphatic carbocycles. The fourth-order valence-electron chi connectivity index (χ4n) is 1.65. The minimum Gasteiger partial charge on any atom is -0.497 e. The maximum absolute atomic E-state index is 12.1. The first kappa shape index (κ1) is 13.7. The summed E-state index contributed by atoms with van der Waals surface area (Å²) in [5, 5.41) is 2.72. The van der Waals surface area contributed by atoms with Crippen LogP contribution in [0.15, 0.2) is 36.4 Å². The van der Waals surface area contributed by atoms with Crippen LogP contribution in [0.3, 0.4) is 0 Å². The monoisotopic (exact) mass is 273 g/mol. The van der Waals surface area contributed by atoms with Gasteiger partial charge in [-0.3, -0.25) is 4.79 Å². The lowest BCUT2D eigenvalue weighted by Crippen LogP contribution is -2.14. The van der Waals surface area contributed by atoms with E-state index in [1.54, 1.807) is 50.6 Å². The third kappa shape index (κ3) is 3.17. The Balaban J connectivity index is 2.23. The highest BCUT2D eigenvalue weighted by Gasteiger charge is 2.09. The number of benzene rings is 1. The zero-order chi connectivity index (χ0) is 14.5. The Kier molecular flexibility index (Phi) is 4.05. The molecule has 0 aliphatic rings. The van der Waals surface area contributed by atoms with Crippen LogP contribution in [-0.2, 0) is 0 Å². The number of nitrogens with two attached hydrogens (primary N) is 1. The number of nitrogens with one attached hydrogen (secondary N) is 1. The molecule has 0 unspecified atom stereocenters. The molecule has 0 saturated heterocycles. The van der Waals surface area contributed by atoms with Gasteiger partial charge in [-0.1, -0.05) is 6.07 Å². The van der Waals surface area contributed by atoms with Gasteiger partial charge in [0.2, 0.25) is 0 Å². The van der Waals surface area contributed by atoms with E-state index in [1.807, 2.05) is 0 Å². The molecule has 104 valence electrons. The minimum atomic E-state index is -0.354. The van der Waals surface area contributed by atoms with Crippen LogP contribution < -0.4 is 20.5 Å². The molecule has 1 heterocycles. The van der Waals surface area contributed by atoms with E-state index < -0.39 is 0 Å². The largest absolute Gasteiger partial charge is 0.497 e. The first-order valence-electron chi connectivity index (χ1n) is 5.89. The molecule has 0 aliphatic heterocycles. The number of ether oxygens (including phenoxy) is 2. The summed E-state index contributed by atoms with van der Waals surface area (Å²) in [5.74, 6) is 1.11. The molecule has 6 nitrogen and oxygen atoms in total. The summed E-state index contributed by atoms with van der Waals surface area (Å²) in [7, 11) is 3.08. The zero-order valence-electron chi connectivity index (χ0n) is 11.2. The van der Waals surface area contributed by atoms with Crippen LogP contribution in [-0.4, -0.2) is 25.1 Å². The van der Waals surface area contributed by atoms with Crippen molar-refractivity contribution in [3.8, 4) is 11.5 Å². The van der Waals surface area contributed by atoms with E-state index in [2.05, 4.69) is 10.3 Å². The maximum Gasteiger partial charge on any atom is 0.274 e. The van der Waals surface area contributed by atoms with E-state index in [0.717, 1.165) is 0 Å². The van der Waals surface area contributed by atoms with E-state index in [4.69, 9.17) is 15.2 Å². The number of nitrogens with zero attached hydrogens (tertiary/aromatic N) is 1. The predicted molar refractivity (Wildman–Crippen MR) is 76.1 cm³/mol. The topological polar surface area (TPSA) is 86.5 Å². The molecule has 2 aromatic rings. The van der Waals surface area contributed by atoms with E-state index in [1.165, 1.54) is 0 Å². The number of anilines is 2. The van der Waals surface area contributed by atoms with E-state index in [-0.39, 0.29) is 11.6 Å². The molecular weight excluding hydrogens is 258 g/mol. The van der Waals surface area contributed by atoms with Crippen LogP contribution in [0.2, 0.25) is 0 Å². The Hall–Kier alpha value is -2.76. The molecule has 0 bridgehead atoms. The van der Waals surface area contributed by atoms with E-state index in [9.17, 15) is 4.79 Å². The van der Waals surface area contributed by atoms with Crippen molar-refractivity contribution < 1.29 is 14.3 Å². The van der Waals surface area contributed by atoms with E-state index >= 15 is 0 Å². The average molecular weight is 273 g/mol. The molecule has 2 rings (SSSR count). The van der Waals surface area contributed by atoms with Crippen LogP contribution >= 0.6 is 0 Å². The molecule has 0 radical (unpaired) electrons. The van der Waals surface area contributed by atoms with Crippen LogP contribution in [0.1, 0.15) is 10.5 Å². The van der Waals surface area contributed by atoms with Gasteiger partial charge in [-0.05, 0) is 12.1 Å². The van der Waals surface area contributed by atoms with Crippen molar-refractivity contribution in [2.75, 3.05) is 25.3 Å². The Bertz CT molecular complexity index is 607. The maximum atomic E-state index is 12.1. The molecule has 3 N–H and O–H groups in total. The molecule has 1 amide bonds. The highest BCUT2D eigenvalue weighted by molar-refractivity contribution is 6.03. The molecule has 20 heavy (non-hydrogen) atoms. The van der Waals surface area contributed by atoms with E-state index in [0.29, 0.717) is 23.0 Å². The number of rotatable bonds is 4. The molecule has 0 fully saturated rings. The van der Waals surface area contributed by atoms with Crippen molar-refractivity contribution in [2.45, 2.75) is 0 Å². The Labute approximate surface area is 116 Å². The van der Waals surface area contributed by atoms with Crippen molar-refractivity contribution in [3.05, 3.63) is 42.1 Å². The second-order valence-electron chi connectivity index (χ2n) is 4.00. The van der Waals surface area contributed by atoms with Crippen LogP contribution in [0, 0.1) is 0 Å². The molecule has 1 aromatic carbocycles. The van der Waals surface area contributed by atoms with Crippen LogP contribution in [0.25, 0.3) is 0 Å². The summed E-state index contributed by atoms with van der Waals surface area (Å²) in [6, 6.07) is 9.96. The predicted octanol–water partition coefficient (Wildman–Crippen LogP) is 1.93. The van der Waals surface area contributed by atoms with Crippen molar-refractivity contribution in [2.24, 2.45) is 0 Å². The third-order valence-electron chi connectivity index (χ3n) is 2.61. The molecule has 1 aromatic heterocycles. The minimum absolute atomic E-state index is 0.242. The van der Waals surface area contributed by atoms with Crippen molar-refractivity contribution in [1.29, 1.82) is 0 Å². The van der Waals surface area contributed by atoms with Crippen molar-refractivity contribution in [1.82, 2.24) is 4.98 Å². The van der Waals surface area contributed by atoms with Gasteiger partial charge in [0.05, 0.1) is 14.2 Å². The highest BCUT2D eigenvalue weighted by Crippen LogP contribution is 2.26. The first-order valence-corrected chi connectivity index (χ1v) is 5.89. The number of aromatic nitrogens is 1. The second kappa shape index (κ2) is 5.92. The van der Waals surface area contributed by atoms with Gasteiger partial charge in [0.1, 0.15) is 23.0 Å². The van der Waals surface area contributed by atoms with Gasteiger partial charge >= 0.3 is 0 Å². The number of carbonyl (C=O) groups excluding carboxylic acids is 1. The summed E-state index contributed by atoms with van der Waals surface area (Å²) in [6.07, 6.45) is 0. The van der Waals surface area contributed by atoms with Crippen LogP contribution in [0.4, 0.5) is 11.5 Å². The number of nitrogen functional groups attached to an aromatic ring is 1. The molecular formula is C14H15N3O3.